The molecule has 0 aliphatic heterocycles. The lowest BCUT2D eigenvalue weighted by Crippen LogP contribution is -2.40. The van der Waals surface area contributed by atoms with Crippen LogP contribution in [0.15, 0.2) is 42.6 Å². The number of fused-ring (bicyclic) bond motifs is 2. The standard InChI is InChI=1S/C25H24FN3O4/c1-14-10-17-18(28-14)4-5-21(24(17)26)33-20-6-9-27-19-12-23(22(31-3)11-16(19)20)32-13-25(7-8-25)29-15(2)30/h4-6,9-12,28H,7-8,13H2,1-3H3,(H,29,30). The van der Waals surface area contributed by atoms with Gasteiger partial charge >= 0.3 is 0 Å². The van der Waals surface area contributed by atoms with Gasteiger partial charge in [-0.2, -0.15) is 0 Å². The first-order valence-corrected chi connectivity index (χ1v) is 10.7. The maximum absolute atomic E-state index is 15.1. The molecule has 0 saturated heterocycles. The van der Waals surface area contributed by atoms with Gasteiger partial charge < -0.3 is 24.5 Å². The Balaban J connectivity index is 1.46. The third-order valence-electron chi connectivity index (χ3n) is 5.84. The van der Waals surface area contributed by atoms with E-state index in [2.05, 4.69) is 15.3 Å². The summed E-state index contributed by atoms with van der Waals surface area (Å²) in [6.07, 6.45) is 3.34. The average Bonchev–Trinajstić information content (AvgIpc) is 3.43. The van der Waals surface area contributed by atoms with Gasteiger partial charge in [0.25, 0.3) is 0 Å². The Morgan fingerprint density at radius 3 is 2.67 bits per heavy atom. The fourth-order valence-electron chi connectivity index (χ4n) is 4.02. The molecule has 1 amide bonds. The van der Waals surface area contributed by atoms with Gasteiger partial charge in [0, 0.05) is 41.2 Å². The van der Waals surface area contributed by atoms with Crippen molar-refractivity contribution in [3.63, 3.8) is 0 Å². The SMILES string of the molecule is COc1cc2c(Oc3ccc4[nH]c(C)cc4c3F)ccnc2cc1OCC1(NC(C)=O)CC1. The number of methoxy groups -OCH3 is 1. The molecule has 0 radical (unpaired) electrons. The van der Waals surface area contributed by atoms with Crippen molar-refractivity contribution in [3.8, 4) is 23.0 Å². The first-order valence-electron chi connectivity index (χ1n) is 10.7. The fourth-order valence-corrected chi connectivity index (χ4v) is 4.02. The topological polar surface area (TPSA) is 85.5 Å². The molecule has 7 nitrogen and oxygen atoms in total. The summed E-state index contributed by atoms with van der Waals surface area (Å²) in [6, 6.07) is 10.4. The average molecular weight is 449 g/mol. The number of carbonyl (C=O) groups excluding carboxylic acids is 1. The molecule has 2 N–H and O–H groups in total. The number of hydrogen-bond acceptors (Lipinski definition) is 5. The van der Waals surface area contributed by atoms with E-state index >= 15 is 4.39 Å². The number of pyridine rings is 1. The highest BCUT2D eigenvalue weighted by atomic mass is 19.1. The minimum Gasteiger partial charge on any atom is -0.493 e. The molecule has 1 aliphatic rings. The molecule has 170 valence electrons. The molecule has 2 aromatic carbocycles. The second-order valence-electron chi connectivity index (χ2n) is 8.47. The van der Waals surface area contributed by atoms with Crippen molar-refractivity contribution in [2.45, 2.75) is 32.2 Å². The molecule has 1 saturated carbocycles. The van der Waals surface area contributed by atoms with Gasteiger partial charge in [-0.25, -0.2) is 4.39 Å². The predicted octanol–water partition coefficient (Wildman–Crippen LogP) is 5.01. The predicted molar refractivity (Wildman–Crippen MR) is 123 cm³/mol. The summed E-state index contributed by atoms with van der Waals surface area (Å²) in [5.74, 6) is 1.08. The van der Waals surface area contributed by atoms with Crippen LogP contribution in [0.25, 0.3) is 21.8 Å². The monoisotopic (exact) mass is 449 g/mol. The number of rotatable bonds is 7. The molecule has 2 heterocycles. The number of hydrogen-bond donors (Lipinski definition) is 2. The van der Waals surface area contributed by atoms with Crippen LogP contribution in [0, 0.1) is 12.7 Å². The van der Waals surface area contributed by atoms with Crippen LogP contribution in [0.4, 0.5) is 4.39 Å². The lowest BCUT2D eigenvalue weighted by molar-refractivity contribution is -0.120. The van der Waals surface area contributed by atoms with Crippen LogP contribution in [-0.4, -0.2) is 35.1 Å². The van der Waals surface area contributed by atoms with Crippen molar-refractivity contribution >= 4 is 27.7 Å². The van der Waals surface area contributed by atoms with Gasteiger partial charge in [-0.05, 0) is 50.1 Å². The number of aromatic nitrogens is 2. The highest BCUT2D eigenvalue weighted by molar-refractivity contribution is 5.89. The summed E-state index contributed by atoms with van der Waals surface area (Å²) in [6.45, 7) is 3.72. The zero-order valence-electron chi connectivity index (χ0n) is 18.6. The van der Waals surface area contributed by atoms with E-state index in [9.17, 15) is 4.79 Å². The minimum atomic E-state index is -0.429. The highest BCUT2D eigenvalue weighted by Crippen LogP contribution is 2.41. The first-order chi connectivity index (χ1) is 15.9. The number of halogens is 1. The van der Waals surface area contributed by atoms with Crippen molar-refractivity contribution in [2.24, 2.45) is 0 Å². The lowest BCUT2D eigenvalue weighted by atomic mass is 10.1. The molecular formula is C25H24FN3O4. The van der Waals surface area contributed by atoms with Crippen molar-refractivity contribution in [2.75, 3.05) is 13.7 Å². The summed E-state index contributed by atoms with van der Waals surface area (Å²) in [4.78, 5) is 19.0. The van der Waals surface area contributed by atoms with Gasteiger partial charge in [0.05, 0.1) is 18.2 Å². The maximum Gasteiger partial charge on any atom is 0.217 e. The number of ether oxygens (including phenoxy) is 3. The van der Waals surface area contributed by atoms with Crippen LogP contribution < -0.4 is 19.5 Å². The number of amides is 1. The molecule has 0 atom stereocenters. The lowest BCUT2D eigenvalue weighted by Gasteiger charge is -2.19. The number of carbonyl (C=O) groups is 1. The summed E-state index contributed by atoms with van der Waals surface area (Å²) in [7, 11) is 1.55. The molecule has 4 aromatic rings. The highest BCUT2D eigenvalue weighted by Gasteiger charge is 2.44. The van der Waals surface area contributed by atoms with E-state index < -0.39 is 5.82 Å². The van der Waals surface area contributed by atoms with E-state index in [4.69, 9.17) is 14.2 Å². The van der Waals surface area contributed by atoms with E-state index in [0.717, 1.165) is 18.5 Å². The van der Waals surface area contributed by atoms with Gasteiger partial charge in [-0.3, -0.25) is 9.78 Å². The normalized spacial score (nSPS) is 14.3. The van der Waals surface area contributed by atoms with E-state index in [0.29, 0.717) is 45.7 Å². The van der Waals surface area contributed by atoms with E-state index in [-0.39, 0.29) is 17.2 Å². The molecule has 0 unspecified atom stereocenters. The Hall–Kier alpha value is -3.81. The number of aromatic amines is 1. The third-order valence-corrected chi connectivity index (χ3v) is 5.84. The molecule has 2 aromatic heterocycles. The van der Waals surface area contributed by atoms with Gasteiger partial charge in [-0.15, -0.1) is 0 Å². The van der Waals surface area contributed by atoms with Crippen LogP contribution in [0.2, 0.25) is 0 Å². The zero-order chi connectivity index (χ0) is 23.2. The van der Waals surface area contributed by atoms with E-state index in [1.54, 1.807) is 49.7 Å². The molecule has 5 rings (SSSR count). The second-order valence-corrected chi connectivity index (χ2v) is 8.47. The van der Waals surface area contributed by atoms with Crippen molar-refractivity contribution in [3.05, 3.63) is 54.1 Å². The van der Waals surface area contributed by atoms with Crippen LogP contribution in [0.1, 0.15) is 25.5 Å². The van der Waals surface area contributed by atoms with Crippen LogP contribution in [-0.2, 0) is 4.79 Å². The molecule has 8 heteroatoms. The van der Waals surface area contributed by atoms with Gasteiger partial charge in [0.15, 0.2) is 23.1 Å². The summed E-state index contributed by atoms with van der Waals surface area (Å²) >= 11 is 0. The van der Waals surface area contributed by atoms with Crippen LogP contribution in [0.5, 0.6) is 23.0 Å². The van der Waals surface area contributed by atoms with Crippen LogP contribution >= 0.6 is 0 Å². The Bertz CT molecular complexity index is 1380. The van der Waals surface area contributed by atoms with E-state index in [1.165, 1.54) is 6.92 Å². The van der Waals surface area contributed by atoms with Gasteiger partial charge in [-0.1, -0.05) is 0 Å². The Morgan fingerprint density at radius 2 is 1.94 bits per heavy atom. The molecule has 33 heavy (non-hydrogen) atoms. The van der Waals surface area contributed by atoms with Crippen LogP contribution in [0.3, 0.4) is 0 Å². The Kier molecular flexibility index (Phi) is 5.08. The summed E-state index contributed by atoms with van der Waals surface area (Å²) < 4.78 is 32.6. The summed E-state index contributed by atoms with van der Waals surface area (Å²) in [5, 5.41) is 4.09. The largest absolute Gasteiger partial charge is 0.493 e. The first kappa shape index (κ1) is 21.1. The second kappa shape index (κ2) is 7.95. The van der Waals surface area contributed by atoms with Crippen molar-refractivity contribution in [1.82, 2.24) is 15.3 Å². The number of benzene rings is 2. The number of aryl methyl sites for hydroxylation is 1. The van der Waals surface area contributed by atoms with E-state index in [1.807, 2.05) is 6.92 Å². The third kappa shape index (κ3) is 4.04. The molecular weight excluding hydrogens is 425 g/mol. The maximum atomic E-state index is 15.1. The number of nitrogens with zero attached hydrogens (tertiary/aromatic N) is 1. The van der Waals surface area contributed by atoms with Gasteiger partial charge in [0.2, 0.25) is 5.91 Å². The van der Waals surface area contributed by atoms with Crippen molar-refractivity contribution < 1.29 is 23.4 Å². The molecule has 0 spiro atoms. The Labute approximate surface area is 189 Å². The number of H-pyrrole nitrogens is 1. The number of nitrogens with one attached hydrogen (secondary N) is 2. The van der Waals surface area contributed by atoms with Crippen molar-refractivity contribution in [1.29, 1.82) is 0 Å². The molecule has 1 aliphatic carbocycles. The molecule has 1 fully saturated rings. The molecule has 0 bridgehead atoms. The Morgan fingerprint density at radius 1 is 1.12 bits per heavy atom. The smallest absolute Gasteiger partial charge is 0.217 e. The van der Waals surface area contributed by atoms with Gasteiger partial charge in [0.1, 0.15) is 12.4 Å². The minimum absolute atomic E-state index is 0.0785. The fraction of sp³-hybridized carbons (Fsp3) is 0.280. The zero-order valence-corrected chi connectivity index (χ0v) is 18.6. The quantitative estimate of drug-likeness (QED) is 0.414. The summed E-state index contributed by atoms with van der Waals surface area (Å²) in [5.41, 5.74) is 1.88.